The van der Waals surface area contributed by atoms with Crippen molar-refractivity contribution in [2.45, 2.75) is 13.8 Å². The Morgan fingerprint density at radius 2 is 1.47 bits per heavy atom. The van der Waals surface area contributed by atoms with Crippen LogP contribution in [-0.2, 0) is 0 Å². The molecule has 8 heteroatoms. The van der Waals surface area contributed by atoms with Gasteiger partial charge in [-0.05, 0) is 56.3 Å². The highest BCUT2D eigenvalue weighted by molar-refractivity contribution is 6.30. The minimum absolute atomic E-state index is 0.0282. The number of methoxy groups -OCH3 is 2. The summed E-state index contributed by atoms with van der Waals surface area (Å²) in [6.07, 6.45) is 0. The Labute approximate surface area is 204 Å². The van der Waals surface area contributed by atoms with E-state index in [0.29, 0.717) is 53.8 Å². The van der Waals surface area contributed by atoms with Crippen LogP contribution < -0.4 is 9.47 Å². The number of carbonyl (C=O) groups is 2. The topological polar surface area (TPSA) is 64.0 Å². The second-order valence-electron chi connectivity index (χ2n) is 8.25. The van der Waals surface area contributed by atoms with E-state index in [9.17, 15) is 9.59 Å². The molecule has 1 saturated heterocycles. The lowest BCUT2D eigenvalue weighted by molar-refractivity contribution is 0.0535. The van der Waals surface area contributed by atoms with Gasteiger partial charge in [0.15, 0.2) is 11.5 Å². The molecule has 0 N–H and O–H groups in total. The number of benzene rings is 2. The van der Waals surface area contributed by atoms with Gasteiger partial charge in [-0.15, -0.1) is 0 Å². The number of ether oxygens (including phenoxy) is 2. The first-order valence-corrected chi connectivity index (χ1v) is 11.5. The van der Waals surface area contributed by atoms with Crippen LogP contribution in [0.3, 0.4) is 0 Å². The second kappa shape index (κ2) is 9.81. The van der Waals surface area contributed by atoms with Crippen LogP contribution in [0.2, 0.25) is 5.02 Å². The van der Waals surface area contributed by atoms with E-state index in [1.165, 1.54) is 0 Å². The lowest BCUT2D eigenvalue weighted by Crippen LogP contribution is -2.50. The minimum atomic E-state index is -0.0906. The van der Waals surface area contributed by atoms with Gasteiger partial charge in [-0.1, -0.05) is 17.7 Å². The van der Waals surface area contributed by atoms with Crippen LogP contribution in [0.5, 0.6) is 11.5 Å². The SMILES string of the molecule is COc1ccc(C(=O)N2CCN(C(=O)c3cc(C)n(-c4cccc(Cl)c4)c3C)CC2)cc1OC. The highest BCUT2D eigenvalue weighted by atomic mass is 35.5. The quantitative estimate of drug-likeness (QED) is 0.543. The number of amides is 2. The zero-order valence-corrected chi connectivity index (χ0v) is 20.6. The number of rotatable bonds is 5. The fraction of sp³-hybridized carbons (Fsp3) is 0.308. The molecule has 1 fully saturated rings. The van der Waals surface area contributed by atoms with Crippen molar-refractivity contribution in [3.8, 4) is 17.2 Å². The third-order valence-corrected chi connectivity index (χ3v) is 6.45. The monoisotopic (exact) mass is 481 g/mol. The molecule has 3 aromatic rings. The Bertz CT molecular complexity index is 1230. The van der Waals surface area contributed by atoms with Gasteiger partial charge in [0.1, 0.15) is 0 Å². The standard InChI is InChI=1S/C26H28ClN3O4/c1-17-14-22(18(2)30(17)21-7-5-6-20(27)16-21)26(32)29-12-10-28(11-13-29)25(31)19-8-9-23(33-3)24(15-19)34-4/h5-9,14-16H,10-13H2,1-4H3. The number of hydrogen-bond acceptors (Lipinski definition) is 4. The second-order valence-corrected chi connectivity index (χ2v) is 8.69. The summed E-state index contributed by atoms with van der Waals surface area (Å²) in [5.74, 6) is 0.967. The van der Waals surface area contributed by atoms with Crippen molar-refractivity contribution in [2.75, 3.05) is 40.4 Å². The Kier molecular flexibility index (Phi) is 6.84. The fourth-order valence-corrected chi connectivity index (χ4v) is 4.61. The molecule has 0 atom stereocenters. The molecule has 1 aliphatic heterocycles. The summed E-state index contributed by atoms with van der Waals surface area (Å²) < 4.78 is 12.6. The van der Waals surface area contributed by atoms with Crippen molar-refractivity contribution in [2.24, 2.45) is 0 Å². The predicted octanol–water partition coefficient (Wildman–Crippen LogP) is 4.36. The van der Waals surface area contributed by atoms with E-state index < -0.39 is 0 Å². The largest absolute Gasteiger partial charge is 0.493 e. The van der Waals surface area contributed by atoms with Gasteiger partial charge in [0.05, 0.1) is 19.8 Å². The summed E-state index contributed by atoms with van der Waals surface area (Å²) in [6.45, 7) is 5.79. The zero-order valence-electron chi connectivity index (χ0n) is 19.8. The molecule has 0 saturated carbocycles. The third-order valence-electron chi connectivity index (χ3n) is 6.21. The number of aryl methyl sites for hydroxylation is 1. The summed E-state index contributed by atoms with van der Waals surface area (Å²) >= 11 is 6.17. The molecular formula is C26H28ClN3O4. The highest BCUT2D eigenvalue weighted by Gasteiger charge is 2.28. The van der Waals surface area contributed by atoms with Crippen molar-refractivity contribution in [3.63, 3.8) is 0 Å². The van der Waals surface area contributed by atoms with Crippen LogP contribution in [0.15, 0.2) is 48.5 Å². The van der Waals surface area contributed by atoms with E-state index >= 15 is 0 Å². The van der Waals surface area contributed by atoms with E-state index in [2.05, 4.69) is 0 Å². The molecule has 0 aliphatic carbocycles. The smallest absolute Gasteiger partial charge is 0.255 e. The predicted molar refractivity (Wildman–Crippen MR) is 132 cm³/mol. The molecule has 2 amide bonds. The van der Waals surface area contributed by atoms with Crippen LogP contribution >= 0.6 is 11.6 Å². The molecular weight excluding hydrogens is 454 g/mol. The number of halogens is 1. The van der Waals surface area contributed by atoms with Crippen LogP contribution in [0.25, 0.3) is 5.69 Å². The van der Waals surface area contributed by atoms with Crippen molar-refractivity contribution >= 4 is 23.4 Å². The summed E-state index contributed by atoms with van der Waals surface area (Å²) in [7, 11) is 3.10. The lowest BCUT2D eigenvalue weighted by atomic mass is 10.1. The van der Waals surface area contributed by atoms with Gasteiger partial charge in [-0.2, -0.15) is 0 Å². The number of piperazine rings is 1. The van der Waals surface area contributed by atoms with Crippen molar-refractivity contribution in [1.29, 1.82) is 0 Å². The molecule has 4 rings (SSSR count). The van der Waals surface area contributed by atoms with Gasteiger partial charge >= 0.3 is 0 Å². The van der Waals surface area contributed by atoms with E-state index in [-0.39, 0.29) is 11.8 Å². The summed E-state index contributed by atoms with van der Waals surface area (Å²) in [4.78, 5) is 29.9. The molecule has 2 aromatic carbocycles. The zero-order chi connectivity index (χ0) is 24.4. The maximum absolute atomic E-state index is 13.3. The van der Waals surface area contributed by atoms with Crippen molar-refractivity contribution < 1.29 is 19.1 Å². The van der Waals surface area contributed by atoms with E-state index in [1.807, 2.05) is 53.6 Å². The van der Waals surface area contributed by atoms with Gasteiger partial charge in [0, 0.05) is 53.8 Å². The van der Waals surface area contributed by atoms with Crippen LogP contribution in [-0.4, -0.2) is 66.6 Å². The lowest BCUT2D eigenvalue weighted by Gasteiger charge is -2.35. The van der Waals surface area contributed by atoms with Gasteiger partial charge in [-0.3, -0.25) is 9.59 Å². The average Bonchev–Trinajstić information content (AvgIpc) is 3.16. The molecule has 2 heterocycles. The van der Waals surface area contributed by atoms with Crippen LogP contribution in [0, 0.1) is 13.8 Å². The molecule has 1 aliphatic rings. The van der Waals surface area contributed by atoms with Gasteiger partial charge < -0.3 is 23.8 Å². The van der Waals surface area contributed by atoms with Crippen molar-refractivity contribution in [3.05, 3.63) is 76.1 Å². The molecule has 0 unspecified atom stereocenters. The molecule has 1 aromatic heterocycles. The first-order chi connectivity index (χ1) is 16.3. The van der Waals surface area contributed by atoms with Gasteiger partial charge in [0.2, 0.25) is 0 Å². The summed E-state index contributed by atoms with van der Waals surface area (Å²) in [5.41, 5.74) is 3.95. The Hall–Kier alpha value is -3.45. The Morgan fingerprint density at radius 1 is 0.824 bits per heavy atom. The minimum Gasteiger partial charge on any atom is -0.493 e. The van der Waals surface area contributed by atoms with Crippen LogP contribution in [0.4, 0.5) is 0 Å². The normalized spacial score (nSPS) is 13.7. The number of aromatic nitrogens is 1. The van der Waals surface area contributed by atoms with E-state index in [1.54, 1.807) is 37.3 Å². The molecule has 0 bridgehead atoms. The average molecular weight is 482 g/mol. The molecule has 0 spiro atoms. The molecule has 34 heavy (non-hydrogen) atoms. The fourth-order valence-electron chi connectivity index (χ4n) is 4.43. The van der Waals surface area contributed by atoms with E-state index in [0.717, 1.165) is 17.1 Å². The highest BCUT2D eigenvalue weighted by Crippen LogP contribution is 2.28. The molecule has 0 radical (unpaired) electrons. The van der Waals surface area contributed by atoms with Crippen molar-refractivity contribution in [1.82, 2.24) is 14.4 Å². The van der Waals surface area contributed by atoms with Gasteiger partial charge in [-0.25, -0.2) is 0 Å². The van der Waals surface area contributed by atoms with E-state index in [4.69, 9.17) is 21.1 Å². The van der Waals surface area contributed by atoms with Gasteiger partial charge in [0.25, 0.3) is 11.8 Å². The summed E-state index contributed by atoms with van der Waals surface area (Å²) in [6, 6.07) is 14.6. The number of carbonyl (C=O) groups excluding carboxylic acids is 2. The maximum Gasteiger partial charge on any atom is 0.255 e. The molecule has 178 valence electrons. The number of nitrogens with zero attached hydrogens (tertiary/aromatic N) is 3. The first kappa shape index (κ1) is 23.7. The summed E-state index contributed by atoms with van der Waals surface area (Å²) in [5, 5.41) is 0.646. The maximum atomic E-state index is 13.3. The first-order valence-electron chi connectivity index (χ1n) is 11.1. The Balaban J connectivity index is 1.46. The number of hydrogen-bond donors (Lipinski definition) is 0. The Morgan fingerprint density at radius 3 is 2.09 bits per heavy atom. The molecule has 7 nitrogen and oxygen atoms in total. The third kappa shape index (κ3) is 4.48. The van der Waals surface area contributed by atoms with Crippen LogP contribution in [0.1, 0.15) is 32.1 Å².